The van der Waals surface area contributed by atoms with Crippen LogP contribution in [0.5, 0.6) is 0 Å². The molecule has 0 fully saturated rings. The number of carbonyl (C=O) groups is 1. The summed E-state index contributed by atoms with van der Waals surface area (Å²) < 4.78 is 32.5. The third-order valence-electron chi connectivity index (χ3n) is 2.59. The zero-order valence-electron chi connectivity index (χ0n) is 12.2. The van der Waals surface area contributed by atoms with Crippen molar-refractivity contribution in [3.05, 3.63) is 34.4 Å². The summed E-state index contributed by atoms with van der Waals surface area (Å²) in [4.78, 5) is 11.7. The van der Waals surface area contributed by atoms with E-state index in [9.17, 15) is 13.6 Å². The highest BCUT2D eigenvalue weighted by molar-refractivity contribution is 6.30. The second-order valence-electron chi connectivity index (χ2n) is 5.60. The zero-order chi connectivity index (χ0) is 16.2. The molecule has 0 spiro atoms. The van der Waals surface area contributed by atoms with Crippen LogP contribution >= 0.6 is 11.6 Å². The third-order valence-corrected chi connectivity index (χ3v) is 2.89. The highest BCUT2D eigenvalue weighted by Crippen LogP contribution is 2.22. The van der Waals surface area contributed by atoms with Crippen LogP contribution in [-0.2, 0) is 11.2 Å². The first kappa shape index (κ1) is 17.7. The molecular weight excluding hydrogens is 302 g/mol. The second-order valence-corrected chi connectivity index (χ2v) is 6.01. The van der Waals surface area contributed by atoms with Crippen molar-refractivity contribution in [1.29, 1.82) is 0 Å². The van der Waals surface area contributed by atoms with E-state index in [0.717, 1.165) is 12.1 Å². The number of ether oxygens (including phenoxy) is 1. The first-order chi connectivity index (χ1) is 9.64. The molecule has 7 heteroatoms. The number of halogens is 3. The lowest BCUT2D eigenvalue weighted by atomic mass is 10.0. The van der Waals surface area contributed by atoms with Crippen molar-refractivity contribution in [1.82, 2.24) is 5.32 Å². The number of rotatable bonds is 4. The Morgan fingerprint density at radius 1 is 1.43 bits per heavy atom. The van der Waals surface area contributed by atoms with Crippen LogP contribution in [0, 0.1) is 11.6 Å². The fourth-order valence-electron chi connectivity index (χ4n) is 1.67. The van der Waals surface area contributed by atoms with Crippen LogP contribution in [0.1, 0.15) is 26.3 Å². The molecule has 0 aliphatic rings. The summed E-state index contributed by atoms with van der Waals surface area (Å²) in [7, 11) is 0. The van der Waals surface area contributed by atoms with E-state index < -0.39 is 29.4 Å². The second kappa shape index (κ2) is 7.04. The van der Waals surface area contributed by atoms with Gasteiger partial charge >= 0.3 is 6.09 Å². The molecule has 1 aromatic rings. The van der Waals surface area contributed by atoms with Gasteiger partial charge in [0.15, 0.2) is 0 Å². The number of alkyl carbamates (subject to hydrolysis) is 1. The van der Waals surface area contributed by atoms with Gasteiger partial charge in [-0.15, -0.1) is 0 Å². The van der Waals surface area contributed by atoms with E-state index in [1.165, 1.54) is 0 Å². The summed E-state index contributed by atoms with van der Waals surface area (Å²) in [6.45, 7) is 5.13. The van der Waals surface area contributed by atoms with E-state index in [1.807, 2.05) is 0 Å². The van der Waals surface area contributed by atoms with Crippen molar-refractivity contribution in [2.24, 2.45) is 5.73 Å². The number of nitrogens with one attached hydrogen (secondary N) is 1. The smallest absolute Gasteiger partial charge is 0.407 e. The van der Waals surface area contributed by atoms with Crippen molar-refractivity contribution in [3.8, 4) is 0 Å². The molecule has 1 unspecified atom stereocenters. The van der Waals surface area contributed by atoms with Gasteiger partial charge in [0, 0.05) is 18.2 Å². The predicted octanol–water partition coefficient (Wildman–Crippen LogP) is 3.01. The van der Waals surface area contributed by atoms with E-state index in [1.54, 1.807) is 20.8 Å². The Morgan fingerprint density at radius 3 is 2.57 bits per heavy atom. The van der Waals surface area contributed by atoms with Gasteiger partial charge in [-0.25, -0.2) is 13.6 Å². The average Bonchev–Trinajstić information content (AvgIpc) is 2.35. The Bertz CT molecular complexity index is 518. The number of amides is 1. The molecule has 1 aromatic carbocycles. The van der Waals surface area contributed by atoms with Crippen LogP contribution in [0.25, 0.3) is 0 Å². The lowest BCUT2D eigenvalue weighted by Gasteiger charge is -2.23. The predicted molar refractivity (Wildman–Crippen MR) is 77.3 cm³/mol. The number of hydrogen-bond acceptors (Lipinski definition) is 3. The standard InChI is InChI=1S/C14H19ClF2N2O2/c1-14(2,3)21-13(20)19-8(7-18)6-9-11(16)5-4-10(15)12(9)17/h4-5,8H,6-7,18H2,1-3H3,(H,19,20). The normalized spacial score (nSPS) is 12.9. The van der Waals surface area contributed by atoms with Crippen LogP contribution in [0.3, 0.4) is 0 Å². The van der Waals surface area contributed by atoms with E-state index in [2.05, 4.69) is 5.32 Å². The van der Waals surface area contributed by atoms with Crippen LogP contribution in [0.2, 0.25) is 5.02 Å². The van der Waals surface area contributed by atoms with E-state index >= 15 is 0 Å². The van der Waals surface area contributed by atoms with Gasteiger partial charge in [-0.3, -0.25) is 0 Å². The molecule has 0 aliphatic carbocycles. The van der Waals surface area contributed by atoms with Crippen molar-refractivity contribution in [3.63, 3.8) is 0 Å². The maximum Gasteiger partial charge on any atom is 0.407 e. The van der Waals surface area contributed by atoms with Gasteiger partial charge in [-0.2, -0.15) is 0 Å². The first-order valence-corrected chi connectivity index (χ1v) is 6.83. The highest BCUT2D eigenvalue weighted by Gasteiger charge is 2.22. The Labute approximate surface area is 127 Å². The molecule has 0 bridgehead atoms. The average molecular weight is 321 g/mol. The molecule has 1 rings (SSSR count). The quantitative estimate of drug-likeness (QED) is 0.838. The molecule has 3 N–H and O–H groups in total. The molecule has 0 saturated carbocycles. The molecule has 0 heterocycles. The number of benzene rings is 1. The van der Waals surface area contributed by atoms with Gasteiger partial charge < -0.3 is 15.8 Å². The molecule has 0 aliphatic heterocycles. The Hall–Kier alpha value is -1.40. The molecular formula is C14H19ClF2N2O2. The molecule has 21 heavy (non-hydrogen) atoms. The monoisotopic (exact) mass is 320 g/mol. The minimum atomic E-state index is -0.846. The Kier molecular flexibility index (Phi) is 5.92. The Balaban J connectivity index is 2.80. The van der Waals surface area contributed by atoms with Crippen LogP contribution < -0.4 is 11.1 Å². The van der Waals surface area contributed by atoms with Gasteiger partial charge in [0.1, 0.15) is 17.2 Å². The summed E-state index contributed by atoms with van der Waals surface area (Å²) in [6.07, 6.45) is -0.811. The maximum atomic E-state index is 13.8. The van der Waals surface area contributed by atoms with E-state index in [4.69, 9.17) is 22.1 Å². The van der Waals surface area contributed by atoms with E-state index in [-0.39, 0.29) is 23.6 Å². The van der Waals surface area contributed by atoms with Gasteiger partial charge in [0.2, 0.25) is 0 Å². The molecule has 1 amide bonds. The Morgan fingerprint density at radius 2 is 2.05 bits per heavy atom. The lowest BCUT2D eigenvalue weighted by Crippen LogP contribution is -2.44. The fraction of sp³-hybridized carbons (Fsp3) is 0.500. The van der Waals surface area contributed by atoms with Crippen LogP contribution in [-0.4, -0.2) is 24.3 Å². The van der Waals surface area contributed by atoms with Crippen LogP contribution in [0.15, 0.2) is 12.1 Å². The van der Waals surface area contributed by atoms with Crippen LogP contribution in [0.4, 0.5) is 13.6 Å². The van der Waals surface area contributed by atoms with E-state index in [0.29, 0.717) is 0 Å². The maximum absolute atomic E-state index is 13.8. The summed E-state index contributed by atoms with van der Waals surface area (Å²) in [5.41, 5.74) is 4.64. The van der Waals surface area contributed by atoms with Gasteiger partial charge in [-0.1, -0.05) is 11.6 Å². The van der Waals surface area contributed by atoms with Crippen molar-refractivity contribution < 1.29 is 18.3 Å². The van der Waals surface area contributed by atoms with Crippen molar-refractivity contribution in [2.75, 3.05) is 6.54 Å². The summed E-state index contributed by atoms with van der Waals surface area (Å²) in [6, 6.07) is 1.54. The van der Waals surface area contributed by atoms with Gasteiger partial charge in [0.25, 0.3) is 0 Å². The number of nitrogens with two attached hydrogens (primary N) is 1. The minimum Gasteiger partial charge on any atom is -0.444 e. The third kappa shape index (κ3) is 5.47. The molecule has 118 valence electrons. The molecule has 0 saturated heterocycles. The fourth-order valence-corrected chi connectivity index (χ4v) is 1.85. The lowest BCUT2D eigenvalue weighted by molar-refractivity contribution is 0.0505. The van der Waals surface area contributed by atoms with Gasteiger partial charge in [-0.05, 0) is 39.3 Å². The minimum absolute atomic E-state index is 0.00460. The topological polar surface area (TPSA) is 64.3 Å². The van der Waals surface area contributed by atoms with Gasteiger partial charge in [0.05, 0.1) is 5.02 Å². The summed E-state index contributed by atoms with van der Waals surface area (Å²) >= 11 is 5.62. The first-order valence-electron chi connectivity index (χ1n) is 6.46. The summed E-state index contributed by atoms with van der Waals surface area (Å²) in [5, 5.41) is 2.30. The van der Waals surface area contributed by atoms with Crippen molar-refractivity contribution >= 4 is 17.7 Å². The number of hydrogen-bond donors (Lipinski definition) is 2. The molecule has 0 radical (unpaired) electrons. The highest BCUT2D eigenvalue weighted by atomic mass is 35.5. The SMILES string of the molecule is CC(C)(C)OC(=O)NC(CN)Cc1c(F)ccc(Cl)c1F. The largest absolute Gasteiger partial charge is 0.444 e. The molecule has 0 aromatic heterocycles. The molecule has 1 atom stereocenters. The number of carbonyl (C=O) groups excluding carboxylic acids is 1. The van der Waals surface area contributed by atoms with Crippen molar-refractivity contribution in [2.45, 2.75) is 38.8 Å². The molecule has 4 nitrogen and oxygen atoms in total. The zero-order valence-corrected chi connectivity index (χ0v) is 12.9. The summed E-state index contributed by atoms with van der Waals surface area (Å²) in [5.74, 6) is -1.58.